The van der Waals surface area contributed by atoms with E-state index < -0.39 is 6.10 Å². The molecule has 7 nitrogen and oxygen atoms in total. The van der Waals surface area contributed by atoms with E-state index in [9.17, 15) is 9.90 Å². The van der Waals surface area contributed by atoms with E-state index in [1.165, 1.54) is 11.8 Å². The molecule has 2 atom stereocenters. The van der Waals surface area contributed by atoms with Crippen molar-refractivity contribution < 1.29 is 9.90 Å². The minimum Gasteiger partial charge on any atom is -0.392 e. The molecule has 2 aromatic rings. The van der Waals surface area contributed by atoms with Crippen LogP contribution in [-0.4, -0.2) is 44.5 Å². The van der Waals surface area contributed by atoms with Crippen LogP contribution in [-0.2, 0) is 11.8 Å². The van der Waals surface area contributed by atoms with Gasteiger partial charge < -0.3 is 20.3 Å². The van der Waals surface area contributed by atoms with E-state index in [1.54, 1.807) is 23.0 Å². The lowest BCUT2D eigenvalue weighted by Crippen LogP contribution is -2.35. The number of anilines is 1. The van der Waals surface area contributed by atoms with Crippen LogP contribution in [0.15, 0.2) is 34.6 Å². The summed E-state index contributed by atoms with van der Waals surface area (Å²) < 4.78 is 1.80. The van der Waals surface area contributed by atoms with E-state index in [1.807, 2.05) is 13.1 Å². The van der Waals surface area contributed by atoms with Gasteiger partial charge in [-0.1, -0.05) is 11.6 Å². The molecule has 1 amide bonds. The molecule has 1 aromatic carbocycles. The molecule has 3 rings (SSSR count). The van der Waals surface area contributed by atoms with Gasteiger partial charge >= 0.3 is 0 Å². The molecule has 0 radical (unpaired) electrons. The topological polar surface area (TPSA) is 92.1 Å². The maximum atomic E-state index is 12.1. The number of aryl methyl sites for hydroxylation is 1. The van der Waals surface area contributed by atoms with E-state index >= 15 is 0 Å². The summed E-state index contributed by atoms with van der Waals surface area (Å²) in [6, 6.07) is 4.93. The first-order valence-electron chi connectivity index (χ1n) is 7.06. The van der Waals surface area contributed by atoms with Crippen molar-refractivity contribution in [2.24, 2.45) is 7.05 Å². The number of nitrogens with one attached hydrogen (secondary N) is 2. The Kier molecular flexibility index (Phi) is 6.47. The zero-order valence-corrected chi connectivity index (χ0v) is 15.2. The number of rotatable bonds is 4. The van der Waals surface area contributed by atoms with Crippen molar-refractivity contribution in [3.8, 4) is 0 Å². The first-order valence-corrected chi connectivity index (χ1v) is 8.26. The highest BCUT2D eigenvalue weighted by Gasteiger charge is 2.28. The van der Waals surface area contributed by atoms with Gasteiger partial charge in [-0.2, -0.15) is 0 Å². The van der Waals surface area contributed by atoms with Crippen LogP contribution in [0, 0.1) is 0 Å². The van der Waals surface area contributed by atoms with Crippen LogP contribution in [0.5, 0.6) is 0 Å². The molecule has 0 bridgehead atoms. The highest BCUT2D eigenvalue weighted by atomic mass is 35.5. The van der Waals surface area contributed by atoms with Crippen molar-refractivity contribution in [1.29, 1.82) is 0 Å². The highest BCUT2D eigenvalue weighted by molar-refractivity contribution is 7.99. The molecular formula is C14H17Cl2N5O2S. The molecule has 0 spiro atoms. The SMILES string of the molecule is Cl.Cn1cnnc1Sc1ccc(NC(=O)C2CC(O)CN2)cc1Cl. The quantitative estimate of drug-likeness (QED) is 0.736. The molecule has 1 aliphatic rings. The van der Waals surface area contributed by atoms with Gasteiger partial charge in [0.1, 0.15) is 6.33 Å². The summed E-state index contributed by atoms with van der Waals surface area (Å²) in [4.78, 5) is 12.9. The standard InChI is InChI=1S/C14H16ClN5O2S.ClH/c1-20-7-17-19-14(20)23-12-3-2-8(4-10(12)15)18-13(22)11-5-9(21)6-16-11;/h2-4,7,9,11,16,21H,5-6H2,1H3,(H,18,22);1H. The molecular weight excluding hydrogens is 373 g/mol. The fourth-order valence-corrected chi connectivity index (χ4v) is 3.34. The average Bonchev–Trinajstić information content (AvgIpc) is 3.11. The number of β-amino-alcohol motifs (C(OH)–C–C–N with tert-alkyl or cyclic N) is 1. The lowest BCUT2D eigenvalue weighted by molar-refractivity contribution is -0.117. The van der Waals surface area contributed by atoms with Crippen molar-refractivity contribution >= 4 is 47.4 Å². The van der Waals surface area contributed by atoms with Gasteiger partial charge in [-0.25, -0.2) is 0 Å². The summed E-state index contributed by atoms with van der Waals surface area (Å²) in [6.07, 6.45) is 1.56. The molecule has 2 heterocycles. The minimum atomic E-state index is -0.473. The van der Waals surface area contributed by atoms with Crippen molar-refractivity contribution in [3.63, 3.8) is 0 Å². The smallest absolute Gasteiger partial charge is 0.241 e. The van der Waals surface area contributed by atoms with Crippen LogP contribution in [0.4, 0.5) is 5.69 Å². The van der Waals surface area contributed by atoms with E-state index in [-0.39, 0.29) is 24.4 Å². The second-order valence-electron chi connectivity index (χ2n) is 5.31. The Balaban J connectivity index is 0.00000208. The van der Waals surface area contributed by atoms with E-state index in [0.29, 0.717) is 23.7 Å². The maximum absolute atomic E-state index is 12.1. The molecule has 0 saturated carbocycles. The van der Waals surface area contributed by atoms with Gasteiger partial charge in [0.05, 0.1) is 17.2 Å². The molecule has 0 aliphatic carbocycles. The fourth-order valence-electron chi connectivity index (χ4n) is 2.27. The third-order valence-corrected chi connectivity index (χ3v) is 5.05. The average molecular weight is 390 g/mol. The third kappa shape index (κ3) is 4.40. The van der Waals surface area contributed by atoms with Gasteiger partial charge in [-0.15, -0.1) is 22.6 Å². The van der Waals surface area contributed by atoms with Crippen molar-refractivity contribution in [1.82, 2.24) is 20.1 Å². The lowest BCUT2D eigenvalue weighted by Gasteiger charge is -2.12. The largest absolute Gasteiger partial charge is 0.392 e. The van der Waals surface area contributed by atoms with Crippen LogP contribution >= 0.6 is 35.8 Å². The predicted octanol–water partition coefficient (Wildman–Crippen LogP) is 1.70. The number of aliphatic hydroxyl groups excluding tert-OH is 1. The normalized spacial score (nSPS) is 19.8. The fraction of sp³-hybridized carbons (Fsp3) is 0.357. The van der Waals surface area contributed by atoms with Crippen LogP contribution in [0.25, 0.3) is 0 Å². The zero-order valence-electron chi connectivity index (χ0n) is 12.8. The highest BCUT2D eigenvalue weighted by Crippen LogP contribution is 2.33. The molecule has 1 aromatic heterocycles. The predicted molar refractivity (Wildman–Crippen MR) is 94.9 cm³/mol. The Hall–Kier alpha value is -1.32. The molecule has 24 heavy (non-hydrogen) atoms. The van der Waals surface area contributed by atoms with Crippen LogP contribution < -0.4 is 10.6 Å². The molecule has 1 fully saturated rings. The Morgan fingerprint density at radius 3 is 2.92 bits per heavy atom. The van der Waals surface area contributed by atoms with Crippen molar-refractivity contribution in [3.05, 3.63) is 29.5 Å². The number of halogens is 2. The first kappa shape index (κ1) is 19.0. The zero-order chi connectivity index (χ0) is 16.4. The number of hydrogen-bond acceptors (Lipinski definition) is 6. The Labute approximate surface area is 154 Å². The first-order chi connectivity index (χ1) is 11.0. The van der Waals surface area contributed by atoms with Gasteiger partial charge in [0.2, 0.25) is 5.91 Å². The monoisotopic (exact) mass is 389 g/mol. The number of amides is 1. The molecule has 1 saturated heterocycles. The second kappa shape index (κ2) is 8.17. The maximum Gasteiger partial charge on any atom is 0.241 e. The van der Waals surface area contributed by atoms with Gasteiger partial charge in [0.25, 0.3) is 0 Å². The van der Waals surface area contributed by atoms with Gasteiger partial charge in [0.15, 0.2) is 5.16 Å². The summed E-state index contributed by atoms with van der Waals surface area (Å²) in [7, 11) is 1.86. The number of aliphatic hydroxyl groups is 1. The minimum absolute atomic E-state index is 0. The van der Waals surface area contributed by atoms with Crippen LogP contribution in [0.1, 0.15) is 6.42 Å². The Morgan fingerprint density at radius 2 is 2.33 bits per heavy atom. The number of nitrogens with zero attached hydrogens (tertiary/aromatic N) is 3. The second-order valence-corrected chi connectivity index (χ2v) is 6.73. The summed E-state index contributed by atoms with van der Waals surface area (Å²) in [6.45, 7) is 0.437. The number of hydrogen-bond donors (Lipinski definition) is 3. The Bertz CT molecular complexity index is 727. The third-order valence-electron chi connectivity index (χ3n) is 3.49. The number of carbonyl (C=O) groups excluding carboxylic acids is 1. The summed E-state index contributed by atoms with van der Waals surface area (Å²) in [5, 5.41) is 24.3. The van der Waals surface area contributed by atoms with Crippen molar-refractivity contribution in [2.75, 3.05) is 11.9 Å². The van der Waals surface area contributed by atoms with Crippen LogP contribution in [0.3, 0.4) is 0 Å². The number of aromatic nitrogens is 3. The molecule has 1 aliphatic heterocycles. The lowest BCUT2D eigenvalue weighted by atomic mass is 10.2. The van der Waals surface area contributed by atoms with Gasteiger partial charge in [-0.3, -0.25) is 4.79 Å². The van der Waals surface area contributed by atoms with Crippen molar-refractivity contribution in [2.45, 2.75) is 28.6 Å². The molecule has 10 heteroatoms. The molecule has 2 unspecified atom stereocenters. The van der Waals surface area contributed by atoms with E-state index in [4.69, 9.17) is 11.6 Å². The van der Waals surface area contributed by atoms with E-state index in [2.05, 4.69) is 20.8 Å². The number of carbonyl (C=O) groups is 1. The molecule has 130 valence electrons. The number of benzene rings is 1. The van der Waals surface area contributed by atoms with Gasteiger partial charge in [0, 0.05) is 24.2 Å². The van der Waals surface area contributed by atoms with E-state index in [0.717, 1.165) is 10.1 Å². The Morgan fingerprint density at radius 1 is 1.54 bits per heavy atom. The summed E-state index contributed by atoms with van der Waals surface area (Å²) >= 11 is 7.68. The summed E-state index contributed by atoms with van der Waals surface area (Å²) in [5.41, 5.74) is 0.616. The van der Waals surface area contributed by atoms with Gasteiger partial charge in [-0.05, 0) is 36.4 Å². The molecule has 3 N–H and O–H groups in total. The summed E-state index contributed by atoms with van der Waals surface area (Å²) in [5.74, 6) is -0.175. The van der Waals surface area contributed by atoms with Crippen LogP contribution in [0.2, 0.25) is 5.02 Å².